The van der Waals surface area contributed by atoms with Crippen molar-refractivity contribution in [3.63, 3.8) is 0 Å². The largest absolute Gasteiger partial charge is 1.00 e. The molecule has 2 heteroatoms. The van der Waals surface area contributed by atoms with E-state index in [2.05, 4.69) is 77.2 Å². The van der Waals surface area contributed by atoms with E-state index in [-0.39, 0.29) is 28.7 Å². The molecule has 0 saturated heterocycles. The fraction of sp³-hybridized carbons (Fsp3) is 0.381. The van der Waals surface area contributed by atoms with E-state index in [1.54, 1.807) is 5.17 Å². The van der Waals surface area contributed by atoms with Crippen molar-refractivity contribution in [3.05, 3.63) is 69.9 Å². The topological polar surface area (TPSA) is 0 Å². The number of hydrogen-bond donors (Lipinski definition) is 0. The Morgan fingerprint density at radius 1 is 1.09 bits per heavy atom. The summed E-state index contributed by atoms with van der Waals surface area (Å²) in [6.45, 7) is 14.0. The predicted molar refractivity (Wildman–Crippen MR) is 102 cm³/mol. The summed E-state index contributed by atoms with van der Waals surface area (Å²) in [5.74, 6) is 1.01. The van der Waals surface area contributed by atoms with Gasteiger partial charge in [-0.1, -0.05) is 68.4 Å². The van der Waals surface area contributed by atoms with Crippen LogP contribution in [0, 0.1) is 17.9 Å². The Hall–Kier alpha value is -0.603. The summed E-state index contributed by atoms with van der Waals surface area (Å²) in [5.41, 5.74) is 8.52. The number of allylic oxidation sites excluding steroid dienone is 12. The smallest absolute Gasteiger partial charge is 0.00715 e. The maximum absolute atomic E-state index is 3.64. The van der Waals surface area contributed by atoms with Gasteiger partial charge >= 0.3 is 0 Å². The second-order valence-electron chi connectivity index (χ2n) is 6.90. The Morgan fingerprint density at radius 2 is 1.78 bits per heavy atom. The molecule has 3 aliphatic rings. The fourth-order valence-corrected chi connectivity index (χ4v) is 5.44. The van der Waals surface area contributed by atoms with Crippen molar-refractivity contribution < 1.29 is 28.7 Å². The molecule has 2 unspecified atom stereocenters. The molecule has 0 aromatic heterocycles. The SMILES string of the molecule is CC1=[C-]C2=CC=CC(=[Si](C)C)C(C)C2=C1C1=C(C)C=CC1C.[H-].[H-].[Hf]. The van der Waals surface area contributed by atoms with Gasteiger partial charge in [0.25, 0.3) is 0 Å². The second kappa shape index (κ2) is 7.10. The zero-order valence-electron chi connectivity index (χ0n) is 17.0. The van der Waals surface area contributed by atoms with Gasteiger partial charge in [-0.3, -0.25) is 0 Å². The van der Waals surface area contributed by atoms with Gasteiger partial charge in [0.15, 0.2) is 0 Å². The molecular weight excluding hydrogens is 459 g/mol. The first-order valence-corrected chi connectivity index (χ1v) is 10.7. The Bertz CT molecular complexity index is 757. The average Bonchev–Trinajstić information content (AvgIpc) is 2.87. The quantitative estimate of drug-likeness (QED) is 0.343. The summed E-state index contributed by atoms with van der Waals surface area (Å²) >= 11 is 0. The first-order chi connectivity index (χ1) is 10.4. The summed E-state index contributed by atoms with van der Waals surface area (Å²) in [7, 11) is -0.441. The second-order valence-corrected chi connectivity index (χ2v) is 9.48. The molecule has 0 spiro atoms. The van der Waals surface area contributed by atoms with Gasteiger partial charge in [0.05, 0.1) is 0 Å². The van der Waals surface area contributed by atoms with Crippen LogP contribution in [0.3, 0.4) is 0 Å². The van der Waals surface area contributed by atoms with Gasteiger partial charge in [-0.25, -0.2) is 0 Å². The Labute approximate surface area is 164 Å². The van der Waals surface area contributed by atoms with Crippen LogP contribution >= 0.6 is 0 Å². The van der Waals surface area contributed by atoms with Crippen LogP contribution in [0.1, 0.15) is 30.5 Å². The molecule has 2 atom stereocenters. The normalized spacial score (nSPS) is 26.1. The van der Waals surface area contributed by atoms with Gasteiger partial charge in [0.2, 0.25) is 0 Å². The third kappa shape index (κ3) is 3.17. The summed E-state index contributed by atoms with van der Waals surface area (Å²) < 4.78 is 0. The third-order valence-corrected chi connectivity index (χ3v) is 6.81. The molecule has 0 heterocycles. The van der Waals surface area contributed by atoms with Gasteiger partial charge in [0.1, 0.15) is 0 Å². The van der Waals surface area contributed by atoms with Gasteiger partial charge in [-0.15, -0.1) is 34.9 Å². The summed E-state index contributed by atoms with van der Waals surface area (Å²) in [6.07, 6.45) is 15.1. The van der Waals surface area contributed by atoms with Crippen molar-refractivity contribution in [3.8, 4) is 0 Å². The summed E-state index contributed by atoms with van der Waals surface area (Å²) in [6, 6.07) is 0. The molecule has 0 fully saturated rings. The van der Waals surface area contributed by atoms with Crippen LogP contribution in [-0.4, -0.2) is 13.6 Å². The molecule has 0 amide bonds. The summed E-state index contributed by atoms with van der Waals surface area (Å²) in [4.78, 5) is 0. The van der Waals surface area contributed by atoms with Gasteiger partial charge < -0.3 is 2.85 Å². The van der Waals surface area contributed by atoms with Gasteiger partial charge in [-0.2, -0.15) is 5.57 Å². The van der Waals surface area contributed by atoms with E-state index >= 15 is 0 Å². The average molecular weight is 486 g/mol. The van der Waals surface area contributed by atoms with Crippen molar-refractivity contribution in [2.24, 2.45) is 11.8 Å². The predicted octanol–water partition coefficient (Wildman–Crippen LogP) is 5.43. The molecule has 122 valence electrons. The summed E-state index contributed by atoms with van der Waals surface area (Å²) in [5, 5.41) is 1.62. The van der Waals surface area contributed by atoms with Crippen LogP contribution in [0.5, 0.6) is 0 Å². The number of fused-ring (bicyclic) bond motifs is 1. The molecule has 0 aromatic rings. The molecule has 0 saturated carbocycles. The van der Waals surface area contributed by atoms with E-state index < -0.39 is 8.41 Å². The van der Waals surface area contributed by atoms with Gasteiger partial charge in [0, 0.05) is 34.3 Å². The molecule has 0 radical (unpaired) electrons. The molecular formula is C21H27HfSi-3. The zero-order valence-corrected chi connectivity index (χ0v) is 19.6. The molecule has 0 aliphatic heterocycles. The van der Waals surface area contributed by atoms with E-state index in [4.69, 9.17) is 0 Å². The number of hydrogen-bond acceptors (Lipinski definition) is 0. The van der Waals surface area contributed by atoms with E-state index in [9.17, 15) is 0 Å². The van der Waals surface area contributed by atoms with Crippen molar-refractivity contribution >= 4 is 13.6 Å². The zero-order chi connectivity index (χ0) is 16.0. The van der Waals surface area contributed by atoms with Crippen molar-refractivity contribution in [2.45, 2.75) is 40.8 Å². The molecule has 0 N–H and O–H groups in total. The maximum atomic E-state index is 3.64. The fourth-order valence-electron chi connectivity index (χ4n) is 4.00. The minimum atomic E-state index is -0.441. The van der Waals surface area contributed by atoms with Crippen molar-refractivity contribution in [1.29, 1.82) is 0 Å². The molecule has 0 aromatic carbocycles. The standard InChI is InChI=1S/C21H25Si.Hf.2H/c1-13-10-11-14(2)19(13)20-15(3)12-17-8-7-9-18(22(5)6)16(4)21(17)20;;;/h7-11,13,16H,1-6H3;;;/q-1;;2*-1. The van der Waals surface area contributed by atoms with Crippen LogP contribution in [0.15, 0.2) is 63.8 Å². The van der Waals surface area contributed by atoms with Crippen LogP contribution in [0.25, 0.3) is 0 Å². The first kappa shape index (κ1) is 18.7. The van der Waals surface area contributed by atoms with Crippen LogP contribution in [-0.2, 0) is 25.8 Å². The van der Waals surface area contributed by atoms with E-state index in [1.807, 2.05) is 0 Å². The Kier molecular flexibility index (Phi) is 5.79. The van der Waals surface area contributed by atoms with Crippen LogP contribution in [0.2, 0.25) is 13.1 Å². The van der Waals surface area contributed by atoms with Crippen LogP contribution in [0.4, 0.5) is 0 Å². The molecule has 0 nitrogen and oxygen atoms in total. The number of rotatable bonds is 1. The Balaban J connectivity index is 0.00000192. The monoisotopic (exact) mass is 487 g/mol. The van der Waals surface area contributed by atoms with Gasteiger partial charge in [-0.05, 0) is 18.8 Å². The van der Waals surface area contributed by atoms with Crippen molar-refractivity contribution in [1.82, 2.24) is 0 Å². The van der Waals surface area contributed by atoms with E-state index in [1.165, 1.54) is 33.4 Å². The molecule has 23 heavy (non-hydrogen) atoms. The van der Waals surface area contributed by atoms with E-state index in [0.717, 1.165) is 0 Å². The third-order valence-electron chi connectivity index (χ3n) is 5.06. The molecule has 3 rings (SSSR count). The molecule has 3 aliphatic carbocycles. The first-order valence-electron chi connectivity index (χ1n) is 8.22. The maximum Gasteiger partial charge on any atom is 0.00715 e. The van der Waals surface area contributed by atoms with E-state index in [0.29, 0.717) is 11.8 Å². The Morgan fingerprint density at radius 3 is 2.35 bits per heavy atom. The van der Waals surface area contributed by atoms with Crippen molar-refractivity contribution in [2.75, 3.05) is 0 Å². The minimum Gasteiger partial charge on any atom is -1.00 e. The molecule has 0 bridgehead atoms. The minimum absolute atomic E-state index is 0. The van der Waals surface area contributed by atoms with Crippen LogP contribution < -0.4 is 0 Å².